The Kier molecular flexibility index (Phi) is 8.76. The van der Waals surface area contributed by atoms with Gasteiger partial charge in [0.15, 0.2) is 0 Å². The highest BCUT2D eigenvalue weighted by molar-refractivity contribution is 6.00. The smallest absolute Gasteiger partial charge is 0.131 e. The largest absolute Gasteiger partial charge is 0.363 e. The van der Waals surface area contributed by atoms with Crippen molar-refractivity contribution in [3.63, 3.8) is 0 Å². The fourth-order valence-electron chi connectivity index (χ4n) is 7.59. The Morgan fingerprint density at radius 1 is 0.491 bits per heavy atom. The molecule has 0 aliphatic carbocycles. The van der Waals surface area contributed by atoms with Crippen LogP contribution in [0.1, 0.15) is 42.4 Å². The third kappa shape index (κ3) is 6.59. The van der Waals surface area contributed by atoms with Crippen LogP contribution in [-0.2, 0) is 0 Å². The lowest BCUT2D eigenvalue weighted by Gasteiger charge is -2.32. The monoisotopic (exact) mass is 687 g/mol. The average Bonchev–Trinajstić information content (AvgIpc) is 3.63. The molecule has 9 rings (SSSR count). The number of nitrogens with one attached hydrogen (secondary N) is 3. The normalized spacial score (nSPS) is 17.7. The van der Waals surface area contributed by atoms with E-state index in [0.29, 0.717) is 0 Å². The number of benzene rings is 7. The Hall–Kier alpha value is -6.43. The third-order valence-electron chi connectivity index (χ3n) is 10.3. The third-order valence-corrected chi connectivity index (χ3v) is 10.3. The van der Waals surface area contributed by atoms with Crippen LogP contribution < -0.4 is 20.9 Å². The number of aliphatic imine (C=N–C) groups is 1. The molecule has 2 aliphatic heterocycles. The fourth-order valence-corrected chi connectivity index (χ4v) is 7.59. The first kappa shape index (κ1) is 32.5. The topological polar surface area (TPSA) is 51.7 Å². The second-order valence-electron chi connectivity index (χ2n) is 13.7. The van der Waals surface area contributed by atoms with Crippen LogP contribution in [0, 0.1) is 0 Å². The second kappa shape index (κ2) is 14.3. The van der Waals surface area contributed by atoms with Gasteiger partial charge in [-0.05, 0) is 93.4 Å². The van der Waals surface area contributed by atoms with E-state index < -0.39 is 0 Å². The maximum absolute atomic E-state index is 5.18. The molecule has 2 heterocycles. The average molecular weight is 688 g/mol. The van der Waals surface area contributed by atoms with Crippen molar-refractivity contribution < 1.29 is 0 Å². The first-order chi connectivity index (χ1) is 26.2. The van der Waals surface area contributed by atoms with Crippen molar-refractivity contribution in [1.29, 1.82) is 0 Å². The van der Waals surface area contributed by atoms with Crippen molar-refractivity contribution in [3.05, 3.63) is 199 Å². The van der Waals surface area contributed by atoms with Crippen molar-refractivity contribution in [2.24, 2.45) is 4.99 Å². The first-order valence-corrected chi connectivity index (χ1v) is 18.5. The zero-order chi connectivity index (χ0) is 35.6. The molecule has 0 saturated heterocycles. The molecule has 3 unspecified atom stereocenters. The number of rotatable bonds is 8. The number of nitrogens with zero attached hydrogens (tertiary/aromatic N) is 2. The maximum atomic E-state index is 5.18. The van der Waals surface area contributed by atoms with E-state index in [0.717, 1.165) is 34.5 Å². The minimum absolute atomic E-state index is 0.0789. The van der Waals surface area contributed by atoms with E-state index in [1.165, 1.54) is 44.9 Å². The van der Waals surface area contributed by atoms with Gasteiger partial charge in [-0.1, -0.05) is 146 Å². The molecule has 0 amide bonds. The van der Waals surface area contributed by atoms with Gasteiger partial charge in [0.05, 0.1) is 11.4 Å². The van der Waals surface area contributed by atoms with Gasteiger partial charge in [-0.2, -0.15) is 0 Å². The van der Waals surface area contributed by atoms with Crippen molar-refractivity contribution in [3.8, 4) is 33.4 Å². The molecule has 5 nitrogen and oxygen atoms in total. The van der Waals surface area contributed by atoms with Gasteiger partial charge in [0.25, 0.3) is 0 Å². The molecule has 0 aromatic heterocycles. The van der Waals surface area contributed by atoms with E-state index in [1.807, 2.05) is 6.07 Å². The number of para-hydroxylation sites is 2. The molecule has 0 radical (unpaired) electrons. The Labute approximate surface area is 311 Å². The lowest BCUT2D eigenvalue weighted by molar-refractivity contribution is 0.409. The van der Waals surface area contributed by atoms with E-state index in [1.54, 1.807) is 0 Å². The van der Waals surface area contributed by atoms with Crippen LogP contribution in [0.15, 0.2) is 187 Å². The SMILES string of the molecule is CCC1Nc2ccccc2N1c1cccc(-c2cccc(-c3cccc(-c4cccc(C5=NC(c6ccccc6)NC(c6ccccc6)N5)c4)c3)c2)c1. The van der Waals surface area contributed by atoms with Crippen LogP contribution in [0.25, 0.3) is 33.4 Å². The highest BCUT2D eigenvalue weighted by atomic mass is 15.3. The predicted molar refractivity (Wildman–Crippen MR) is 220 cm³/mol. The van der Waals surface area contributed by atoms with Crippen molar-refractivity contribution in [2.45, 2.75) is 31.8 Å². The molecule has 258 valence electrons. The van der Waals surface area contributed by atoms with Gasteiger partial charge in [0.2, 0.25) is 0 Å². The molecule has 3 atom stereocenters. The molecule has 0 spiro atoms. The molecule has 7 aromatic rings. The minimum atomic E-state index is -0.173. The van der Waals surface area contributed by atoms with E-state index in [4.69, 9.17) is 4.99 Å². The number of hydrogen-bond acceptors (Lipinski definition) is 5. The Balaban J connectivity index is 1.01. The van der Waals surface area contributed by atoms with Crippen LogP contribution in [0.5, 0.6) is 0 Å². The molecule has 5 heteroatoms. The van der Waals surface area contributed by atoms with Crippen LogP contribution in [0.3, 0.4) is 0 Å². The van der Waals surface area contributed by atoms with Crippen LogP contribution >= 0.6 is 0 Å². The van der Waals surface area contributed by atoms with Crippen LogP contribution in [0.2, 0.25) is 0 Å². The summed E-state index contributed by atoms with van der Waals surface area (Å²) < 4.78 is 0. The van der Waals surface area contributed by atoms with Crippen LogP contribution in [-0.4, -0.2) is 12.0 Å². The summed E-state index contributed by atoms with van der Waals surface area (Å²) in [6.45, 7) is 2.23. The Morgan fingerprint density at radius 3 is 1.62 bits per heavy atom. The van der Waals surface area contributed by atoms with E-state index in [-0.39, 0.29) is 18.5 Å². The van der Waals surface area contributed by atoms with Crippen LogP contribution in [0.4, 0.5) is 17.1 Å². The van der Waals surface area contributed by atoms with E-state index in [2.05, 4.69) is 204 Å². The number of amidine groups is 1. The minimum Gasteiger partial charge on any atom is -0.363 e. The number of fused-ring (bicyclic) bond motifs is 1. The molecular formula is C48H41N5. The summed E-state index contributed by atoms with van der Waals surface area (Å²) >= 11 is 0. The van der Waals surface area contributed by atoms with Crippen molar-refractivity contribution >= 4 is 22.9 Å². The first-order valence-electron chi connectivity index (χ1n) is 18.5. The van der Waals surface area contributed by atoms with Gasteiger partial charge in [-0.3, -0.25) is 5.32 Å². The van der Waals surface area contributed by atoms with E-state index >= 15 is 0 Å². The van der Waals surface area contributed by atoms with E-state index in [9.17, 15) is 0 Å². The fraction of sp³-hybridized carbons (Fsp3) is 0.104. The molecule has 0 fully saturated rings. The van der Waals surface area contributed by atoms with Gasteiger partial charge in [0, 0.05) is 11.3 Å². The number of hydrogen-bond donors (Lipinski definition) is 3. The standard InChI is InChI=1S/C48H41N5/c1-2-45-49-43-27-9-10-28-44(43)53(45)42-26-14-24-40(32-42)38-22-12-20-36(30-38)35-19-11-21-37(29-35)39-23-13-25-41(31-39)48-51-46(33-15-5-3-6-16-33)50-47(52-48)34-17-7-4-8-18-34/h3-32,45-47,49-50H,2H2,1H3,(H,51,52). The molecule has 2 aliphatic rings. The summed E-state index contributed by atoms with van der Waals surface area (Å²) in [7, 11) is 0. The summed E-state index contributed by atoms with van der Waals surface area (Å²) in [6, 6.07) is 64.9. The Morgan fingerprint density at radius 2 is 1.00 bits per heavy atom. The predicted octanol–water partition coefficient (Wildman–Crippen LogP) is 11.3. The van der Waals surface area contributed by atoms with Gasteiger partial charge >= 0.3 is 0 Å². The summed E-state index contributed by atoms with van der Waals surface area (Å²) in [5.41, 5.74) is 14.0. The molecule has 0 bridgehead atoms. The van der Waals surface area contributed by atoms with Gasteiger partial charge < -0.3 is 15.5 Å². The summed E-state index contributed by atoms with van der Waals surface area (Å²) in [4.78, 5) is 7.60. The van der Waals surface area contributed by atoms with Crippen molar-refractivity contribution in [2.75, 3.05) is 10.2 Å². The zero-order valence-corrected chi connectivity index (χ0v) is 29.7. The lowest BCUT2D eigenvalue weighted by atomic mass is 9.95. The second-order valence-corrected chi connectivity index (χ2v) is 13.7. The Bertz CT molecular complexity index is 2400. The maximum Gasteiger partial charge on any atom is 0.131 e. The quantitative estimate of drug-likeness (QED) is 0.149. The zero-order valence-electron chi connectivity index (χ0n) is 29.7. The lowest BCUT2D eigenvalue weighted by Crippen LogP contribution is -2.44. The van der Waals surface area contributed by atoms with Gasteiger partial charge in [0.1, 0.15) is 24.3 Å². The molecule has 3 N–H and O–H groups in total. The summed E-state index contributed by atoms with van der Waals surface area (Å²) in [5.74, 6) is 0.873. The molecular weight excluding hydrogens is 647 g/mol. The van der Waals surface area contributed by atoms with Gasteiger partial charge in [-0.15, -0.1) is 0 Å². The highest BCUT2D eigenvalue weighted by Crippen LogP contribution is 2.42. The highest BCUT2D eigenvalue weighted by Gasteiger charge is 2.28. The summed E-state index contributed by atoms with van der Waals surface area (Å²) in [6.07, 6.45) is 0.972. The molecule has 0 saturated carbocycles. The molecule has 7 aromatic carbocycles. The molecule has 53 heavy (non-hydrogen) atoms. The summed E-state index contributed by atoms with van der Waals surface area (Å²) in [5, 5.41) is 11.1. The van der Waals surface area contributed by atoms with Crippen molar-refractivity contribution in [1.82, 2.24) is 10.6 Å². The number of anilines is 3. The van der Waals surface area contributed by atoms with Gasteiger partial charge in [-0.25, -0.2) is 4.99 Å².